The molecule has 0 saturated heterocycles. The number of aliphatic carboxylic acids is 1. The van der Waals surface area contributed by atoms with Crippen molar-refractivity contribution < 1.29 is 19.4 Å². The number of ether oxygens (including phenoxy) is 1. The molecule has 1 aliphatic rings. The number of pyridine rings is 1. The fourth-order valence-corrected chi connectivity index (χ4v) is 3.54. The summed E-state index contributed by atoms with van der Waals surface area (Å²) in [5, 5.41) is 12.0. The molecule has 0 unspecified atom stereocenters. The van der Waals surface area contributed by atoms with Gasteiger partial charge in [-0.15, -0.1) is 0 Å². The third-order valence-electron chi connectivity index (χ3n) is 5.13. The van der Waals surface area contributed by atoms with Gasteiger partial charge in [-0.1, -0.05) is 25.1 Å². The molecular formula is C22H27N3O4. The normalized spacial score (nSPS) is 18.1. The van der Waals surface area contributed by atoms with Crippen LogP contribution in [-0.4, -0.2) is 52.0 Å². The van der Waals surface area contributed by atoms with Crippen LogP contribution in [-0.2, 0) is 22.6 Å². The molecule has 29 heavy (non-hydrogen) atoms. The summed E-state index contributed by atoms with van der Waals surface area (Å²) < 4.78 is 5.79. The van der Waals surface area contributed by atoms with Crippen molar-refractivity contribution in [3.63, 3.8) is 0 Å². The van der Waals surface area contributed by atoms with Gasteiger partial charge in [0.05, 0.1) is 13.0 Å². The number of nitrogens with zero attached hydrogens (tertiary/aromatic N) is 2. The molecule has 1 aromatic carbocycles. The largest absolute Gasteiger partial charge is 0.489 e. The monoisotopic (exact) mass is 397 g/mol. The molecule has 3 rings (SSSR count). The maximum atomic E-state index is 12.4. The van der Waals surface area contributed by atoms with Crippen LogP contribution in [0.4, 0.5) is 0 Å². The first kappa shape index (κ1) is 20.8. The molecule has 7 nitrogen and oxygen atoms in total. The van der Waals surface area contributed by atoms with Crippen molar-refractivity contribution >= 4 is 11.9 Å². The quantitative estimate of drug-likeness (QED) is 0.639. The Hall–Kier alpha value is -2.93. The Bertz CT molecular complexity index is 822. The molecule has 0 radical (unpaired) electrons. The number of benzene rings is 1. The smallest absolute Gasteiger partial charge is 0.317 e. The van der Waals surface area contributed by atoms with Crippen molar-refractivity contribution in [1.82, 2.24) is 15.2 Å². The zero-order chi connectivity index (χ0) is 20.6. The number of aromatic nitrogens is 1. The van der Waals surface area contributed by atoms with Crippen LogP contribution in [0.1, 0.15) is 30.9 Å². The lowest BCUT2D eigenvalue weighted by atomic mass is 9.85. The van der Waals surface area contributed by atoms with Crippen LogP contribution in [0.3, 0.4) is 0 Å². The number of carboxylic acids is 1. The topological polar surface area (TPSA) is 91.8 Å². The van der Waals surface area contributed by atoms with Gasteiger partial charge < -0.3 is 15.2 Å². The van der Waals surface area contributed by atoms with Crippen LogP contribution < -0.4 is 10.1 Å². The number of carbonyl (C=O) groups excluding carboxylic acids is 1. The second kappa shape index (κ2) is 10.0. The van der Waals surface area contributed by atoms with Gasteiger partial charge in [0.15, 0.2) is 0 Å². The van der Waals surface area contributed by atoms with Crippen LogP contribution in [0.15, 0.2) is 48.8 Å². The summed E-state index contributed by atoms with van der Waals surface area (Å²) in [6.07, 6.45) is 5.36. The van der Waals surface area contributed by atoms with Crippen LogP contribution >= 0.6 is 0 Å². The Labute approximate surface area is 170 Å². The first-order valence-electron chi connectivity index (χ1n) is 9.89. The lowest BCUT2D eigenvalue weighted by molar-refractivity contribution is -0.139. The molecule has 154 valence electrons. The summed E-state index contributed by atoms with van der Waals surface area (Å²) in [4.78, 5) is 29.3. The van der Waals surface area contributed by atoms with Gasteiger partial charge in [-0.25, -0.2) is 0 Å². The Balaban J connectivity index is 1.43. The maximum Gasteiger partial charge on any atom is 0.317 e. The number of hydrogen-bond acceptors (Lipinski definition) is 5. The number of likely N-dealkylation sites (N-methyl/N-ethyl adjacent to an activating group) is 1. The van der Waals surface area contributed by atoms with Gasteiger partial charge in [0, 0.05) is 30.0 Å². The molecular weight excluding hydrogens is 370 g/mol. The number of amides is 1. The Morgan fingerprint density at radius 2 is 2.03 bits per heavy atom. The third kappa shape index (κ3) is 6.29. The van der Waals surface area contributed by atoms with Crippen molar-refractivity contribution in [2.24, 2.45) is 0 Å². The second-order valence-corrected chi connectivity index (χ2v) is 7.32. The van der Waals surface area contributed by atoms with Crippen molar-refractivity contribution in [2.45, 2.75) is 44.9 Å². The summed E-state index contributed by atoms with van der Waals surface area (Å²) in [5.41, 5.74) is 1.88. The molecule has 0 aliphatic heterocycles. The molecule has 7 heteroatoms. The second-order valence-electron chi connectivity index (χ2n) is 7.32. The van der Waals surface area contributed by atoms with Gasteiger partial charge >= 0.3 is 5.97 Å². The van der Waals surface area contributed by atoms with E-state index >= 15 is 0 Å². The molecule has 1 aliphatic carbocycles. The van der Waals surface area contributed by atoms with Crippen molar-refractivity contribution in [1.29, 1.82) is 0 Å². The average Bonchev–Trinajstić information content (AvgIpc) is 2.68. The van der Waals surface area contributed by atoms with Gasteiger partial charge in [-0.05, 0) is 43.1 Å². The summed E-state index contributed by atoms with van der Waals surface area (Å²) >= 11 is 0. The van der Waals surface area contributed by atoms with Gasteiger partial charge in [0.25, 0.3) is 0 Å². The van der Waals surface area contributed by atoms with Crippen molar-refractivity contribution in [3.05, 3.63) is 59.9 Å². The summed E-state index contributed by atoms with van der Waals surface area (Å²) in [6, 6.07) is 11.7. The van der Waals surface area contributed by atoms with E-state index in [1.54, 1.807) is 12.4 Å². The minimum Gasteiger partial charge on any atom is -0.489 e. The first-order chi connectivity index (χ1) is 14.0. The summed E-state index contributed by atoms with van der Waals surface area (Å²) in [5.74, 6) is -0.126. The fourth-order valence-electron chi connectivity index (χ4n) is 3.54. The molecule has 2 aromatic rings. The highest BCUT2D eigenvalue weighted by Gasteiger charge is 2.34. The van der Waals surface area contributed by atoms with Crippen molar-refractivity contribution in [2.75, 3.05) is 13.1 Å². The fraction of sp³-hybridized carbons (Fsp3) is 0.409. The van der Waals surface area contributed by atoms with E-state index in [4.69, 9.17) is 9.84 Å². The van der Waals surface area contributed by atoms with Gasteiger partial charge in [0.2, 0.25) is 5.91 Å². The summed E-state index contributed by atoms with van der Waals surface area (Å²) in [7, 11) is 0. The number of nitrogens with one attached hydrogen (secondary N) is 1. The summed E-state index contributed by atoms with van der Waals surface area (Å²) in [6.45, 7) is 3.13. The third-order valence-corrected chi connectivity index (χ3v) is 5.13. The van der Waals surface area contributed by atoms with E-state index in [0.29, 0.717) is 13.2 Å². The highest BCUT2D eigenvalue weighted by molar-refractivity contribution is 5.79. The molecule has 1 amide bonds. The van der Waals surface area contributed by atoms with Crippen LogP contribution in [0.5, 0.6) is 5.75 Å². The van der Waals surface area contributed by atoms with E-state index < -0.39 is 5.97 Å². The Morgan fingerprint density at radius 1 is 1.24 bits per heavy atom. The Kier molecular flexibility index (Phi) is 7.19. The highest BCUT2D eigenvalue weighted by Crippen LogP contribution is 2.25. The minimum absolute atomic E-state index is 0.0286. The van der Waals surface area contributed by atoms with E-state index in [0.717, 1.165) is 29.7 Å². The average molecular weight is 397 g/mol. The lowest BCUT2D eigenvalue weighted by Gasteiger charge is -2.42. The van der Waals surface area contributed by atoms with E-state index in [1.807, 2.05) is 48.2 Å². The molecule has 0 bridgehead atoms. The minimum atomic E-state index is -0.815. The number of rotatable bonds is 10. The standard InChI is InChI=1S/C22H27N3O4/c1-2-25(14-22(27)28)19-11-18(12-19)24-21(26)10-16-5-3-7-20(9-16)29-15-17-6-4-8-23-13-17/h3-9,13,18-19H,2,10-12,14-15H2,1H3,(H,24,26)(H,27,28). The SMILES string of the molecule is CCN(CC(=O)O)C1CC(NC(=O)Cc2cccc(OCc3cccnc3)c2)C1. The van der Waals surface area contributed by atoms with Crippen LogP contribution in [0, 0.1) is 0 Å². The van der Waals surface area contributed by atoms with Crippen LogP contribution in [0.2, 0.25) is 0 Å². The van der Waals surface area contributed by atoms with E-state index in [2.05, 4.69) is 10.3 Å². The highest BCUT2D eigenvalue weighted by atomic mass is 16.5. The molecule has 0 spiro atoms. The zero-order valence-electron chi connectivity index (χ0n) is 16.6. The molecule has 2 N–H and O–H groups in total. The maximum absolute atomic E-state index is 12.4. The number of hydrogen-bond donors (Lipinski definition) is 2. The molecule has 1 fully saturated rings. The van der Waals surface area contributed by atoms with Crippen molar-refractivity contribution in [3.8, 4) is 5.75 Å². The lowest BCUT2D eigenvalue weighted by Crippen LogP contribution is -2.55. The van der Waals surface area contributed by atoms with Gasteiger partial charge in [-0.2, -0.15) is 0 Å². The van der Waals surface area contributed by atoms with Gasteiger partial charge in [0.1, 0.15) is 12.4 Å². The number of carboxylic acid groups (broad SMARTS) is 1. The first-order valence-corrected chi connectivity index (χ1v) is 9.89. The predicted octanol–water partition coefficient (Wildman–Crippen LogP) is 2.26. The Morgan fingerprint density at radius 3 is 2.72 bits per heavy atom. The van der Waals surface area contributed by atoms with Gasteiger partial charge in [-0.3, -0.25) is 19.5 Å². The van der Waals surface area contributed by atoms with E-state index in [1.165, 1.54) is 0 Å². The zero-order valence-corrected chi connectivity index (χ0v) is 16.6. The predicted molar refractivity (Wildman–Crippen MR) is 109 cm³/mol. The molecule has 0 atom stereocenters. The molecule has 1 heterocycles. The molecule has 1 aromatic heterocycles. The number of carbonyl (C=O) groups is 2. The van der Waals surface area contributed by atoms with E-state index in [9.17, 15) is 9.59 Å². The van der Waals surface area contributed by atoms with Crippen LogP contribution in [0.25, 0.3) is 0 Å². The molecule has 1 saturated carbocycles. The van der Waals surface area contributed by atoms with E-state index in [-0.39, 0.29) is 31.0 Å².